The van der Waals surface area contributed by atoms with E-state index < -0.39 is 41.5 Å². The topological polar surface area (TPSA) is 120 Å². The number of carbonyl (C=O) groups is 3. The molecule has 0 fully saturated rings. The summed E-state index contributed by atoms with van der Waals surface area (Å²) in [6.07, 6.45) is -9.03. The van der Waals surface area contributed by atoms with Crippen molar-refractivity contribution < 1.29 is 45.8 Å². The van der Waals surface area contributed by atoms with Crippen LogP contribution in [0.15, 0.2) is 101 Å². The molecule has 0 atom stereocenters. The van der Waals surface area contributed by atoms with Crippen LogP contribution in [0.2, 0.25) is 0 Å². The van der Waals surface area contributed by atoms with Crippen molar-refractivity contribution in [3.05, 3.63) is 108 Å². The maximum atomic E-state index is 12.7. The van der Waals surface area contributed by atoms with Crippen molar-refractivity contribution in [2.24, 2.45) is 0 Å². The van der Waals surface area contributed by atoms with Gasteiger partial charge in [0.05, 0.1) is 22.4 Å². The molecule has 15 heteroatoms. The normalized spacial score (nSPS) is 11.4. The standard InChI is InChI=1S/C29H20F6N4O4S/c30-28(31,32)16-1-5-18(6-2-16)36-26(42)37-20-9-11-21(12-10-20)44-22-13-14-24(23(15-22)25(40)41)39-27(43)38-19-7-3-17(4-8-19)29(33,34)35/h1-15H,(H,40,41)(H2,36,37,42)(H2,38,39,43). The highest BCUT2D eigenvalue weighted by atomic mass is 32.2. The van der Waals surface area contributed by atoms with Gasteiger partial charge in [0.1, 0.15) is 0 Å². The van der Waals surface area contributed by atoms with Gasteiger partial charge >= 0.3 is 30.4 Å². The molecule has 0 heterocycles. The van der Waals surface area contributed by atoms with E-state index in [4.69, 9.17) is 0 Å². The molecule has 0 unspecified atom stereocenters. The molecule has 0 aliphatic carbocycles. The van der Waals surface area contributed by atoms with Crippen LogP contribution < -0.4 is 21.3 Å². The van der Waals surface area contributed by atoms with Gasteiger partial charge in [-0.1, -0.05) is 11.8 Å². The number of halogens is 6. The van der Waals surface area contributed by atoms with Gasteiger partial charge in [0.2, 0.25) is 0 Å². The average Bonchev–Trinajstić information content (AvgIpc) is 2.94. The highest BCUT2D eigenvalue weighted by Gasteiger charge is 2.30. The first kappa shape index (κ1) is 31.7. The number of aromatic carboxylic acids is 1. The molecule has 0 aliphatic rings. The highest BCUT2D eigenvalue weighted by Crippen LogP contribution is 2.33. The number of anilines is 4. The van der Waals surface area contributed by atoms with E-state index in [1.54, 1.807) is 30.3 Å². The van der Waals surface area contributed by atoms with Gasteiger partial charge in [0, 0.05) is 26.9 Å². The number of urea groups is 2. The van der Waals surface area contributed by atoms with E-state index in [0.29, 0.717) is 15.5 Å². The predicted molar refractivity (Wildman–Crippen MR) is 152 cm³/mol. The molecule has 44 heavy (non-hydrogen) atoms. The van der Waals surface area contributed by atoms with E-state index in [1.165, 1.54) is 23.9 Å². The molecule has 0 aliphatic heterocycles. The van der Waals surface area contributed by atoms with Crippen molar-refractivity contribution in [3.8, 4) is 0 Å². The molecule has 4 rings (SSSR count). The lowest BCUT2D eigenvalue weighted by molar-refractivity contribution is -0.138. The summed E-state index contributed by atoms with van der Waals surface area (Å²) in [4.78, 5) is 37.6. The number of nitrogens with one attached hydrogen (secondary N) is 4. The van der Waals surface area contributed by atoms with Crippen LogP contribution in [0.1, 0.15) is 21.5 Å². The predicted octanol–water partition coefficient (Wildman–Crippen LogP) is 8.86. The first-order valence-corrected chi connectivity index (χ1v) is 13.1. The zero-order valence-electron chi connectivity index (χ0n) is 22.0. The van der Waals surface area contributed by atoms with Gasteiger partial charge in [-0.2, -0.15) is 26.3 Å². The third-order valence-corrected chi connectivity index (χ3v) is 6.76. The van der Waals surface area contributed by atoms with Crippen molar-refractivity contribution in [3.63, 3.8) is 0 Å². The summed E-state index contributed by atoms with van der Waals surface area (Å²) in [5.41, 5.74) is -1.43. The van der Waals surface area contributed by atoms with Crippen LogP contribution in [0.5, 0.6) is 0 Å². The van der Waals surface area contributed by atoms with Gasteiger partial charge in [-0.05, 0) is 91.0 Å². The molecule has 4 aromatic rings. The van der Waals surface area contributed by atoms with E-state index in [0.717, 1.165) is 48.5 Å². The number of benzene rings is 4. The smallest absolute Gasteiger partial charge is 0.416 e. The fraction of sp³-hybridized carbons (Fsp3) is 0.0690. The number of hydrogen-bond acceptors (Lipinski definition) is 4. The van der Waals surface area contributed by atoms with Gasteiger partial charge in [0.25, 0.3) is 0 Å². The third-order valence-electron chi connectivity index (χ3n) is 5.76. The van der Waals surface area contributed by atoms with Crippen LogP contribution >= 0.6 is 11.8 Å². The van der Waals surface area contributed by atoms with Gasteiger partial charge < -0.3 is 26.4 Å². The summed E-state index contributed by atoms with van der Waals surface area (Å²) in [6.45, 7) is 0. The van der Waals surface area contributed by atoms with Crippen molar-refractivity contribution in [2.75, 3.05) is 21.3 Å². The Morgan fingerprint density at radius 1 is 0.545 bits per heavy atom. The summed E-state index contributed by atoms with van der Waals surface area (Å²) >= 11 is 1.18. The van der Waals surface area contributed by atoms with E-state index in [2.05, 4.69) is 21.3 Å². The van der Waals surface area contributed by atoms with Crippen molar-refractivity contribution in [2.45, 2.75) is 22.1 Å². The van der Waals surface area contributed by atoms with E-state index >= 15 is 0 Å². The quantitative estimate of drug-likeness (QED) is 0.130. The maximum Gasteiger partial charge on any atom is 0.416 e. The first-order valence-electron chi connectivity index (χ1n) is 12.3. The summed E-state index contributed by atoms with van der Waals surface area (Å²) in [5, 5.41) is 19.3. The molecule has 0 bridgehead atoms. The molecule has 4 amide bonds. The third kappa shape index (κ3) is 8.67. The molecular weight excluding hydrogens is 614 g/mol. The average molecular weight is 635 g/mol. The minimum absolute atomic E-state index is 0.0510. The second kappa shape index (κ2) is 13.0. The number of carboxylic acids is 1. The number of hydrogen-bond donors (Lipinski definition) is 5. The molecule has 0 saturated carbocycles. The Bertz CT molecular complexity index is 1660. The fourth-order valence-corrected chi connectivity index (χ4v) is 4.54. The number of carbonyl (C=O) groups excluding carboxylic acids is 2. The van der Waals surface area contributed by atoms with E-state index in [-0.39, 0.29) is 22.6 Å². The number of carboxylic acid groups (broad SMARTS) is 1. The maximum absolute atomic E-state index is 12.7. The van der Waals surface area contributed by atoms with Gasteiger partial charge in [-0.25, -0.2) is 14.4 Å². The van der Waals surface area contributed by atoms with Crippen LogP contribution in [-0.2, 0) is 12.4 Å². The Morgan fingerprint density at radius 2 is 0.932 bits per heavy atom. The molecule has 0 radical (unpaired) electrons. The lowest BCUT2D eigenvalue weighted by Gasteiger charge is -2.12. The van der Waals surface area contributed by atoms with Crippen LogP contribution in [0.3, 0.4) is 0 Å². The van der Waals surface area contributed by atoms with E-state index in [9.17, 15) is 45.8 Å². The Morgan fingerprint density at radius 3 is 1.34 bits per heavy atom. The number of amides is 4. The second-order valence-electron chi connectivity index (χ2n) is 8.95. The summed E-state index contributed by atoms with van der Waals surface area (Å²) in [5.74, 6) is -1.34. The van der Waals surface area contributed by atoms with E-state index in [1.807, 2.05) is 0 Å². The highest BCUT2D eigenvalue weighted by molar-refractivity contribution is 7.99. The Kier molecular flexibility index (Phi) is 9.37. The molecule has 0 saturated heterocycles. The zero-order valence-corrected chi connectivity index (χ0v) is 22.8. The van der Waals surface area contributed by atoms with Crippen LogP contribution in [0, 0.1) is 0 Å². The van der Waals surface area contributed by atoms with Gasteiger partial charge in [-0.15, -0.1) is 0 Å². The minimum atomic E-state index is -4.53. The molecule has 0 aromatic heterocycles. The lowest BCUT2D eigenvalue weighted by Crippen LogP contribution is -2.21. The van der Waals surface area contributed by atoms with Crippen molar-refractivity contribution in [1.29, 1.82) is 0 Å². The lowest BCUT2D eigenvalue weighted by atomic mass is 10.2. The summed E-state index contributed by atoms with van der Waals surface area (Å²) in [6, 6.07) is 16.8. The first-order chi connectivity index (χ1) is 20.7. The number of alkyl halides is 6. The SMILES string of the molecule is O=C(Nc1ccc(Sc2ccc(NC(=O)Nc3ccc(C(F)(F)F)cc3)c(C(=O)O)c2)cc1)Nc1ccc(C(F)(F)F)cc1. The molecule has 228 valence electrons. The van der Waals surface area contributed by atoms with Crippen LogP contribution in [-0.4, -0.2) is 23.1 Å². The Labute approximate surface area is 249 Å². The Hall–Kier alpha value is -5.18. The van der Waals surface area contributed by atoms with Crippen molar-refractivity contribution >= 4 is 52.5 Å². The monoisotopic (exact) mass is 634 g/mol. The van der Waals surface area contributed by atoms with Crippen molar-refractivity contribution in [1.82, 2.24) is 0 Å². The molecule has 5 N–H and O–H groups in total. The minimum Gasteiger partial charge on any atom is -0.478 e. The van der Waals surface area contributed by atoms with Gasteiger partial charge in [-0.3, -0.25) is 0 Å². The Balaban J connectivity index is 1.35. The summed E-state index contributed by atoms with van der Waals surface area (Å²) in [7, 11) is 0. The second-order valence-corrected chi connectivity index (χ2v) is 10.1. The van der Waals surface area contributed by atoms with Gasteiger partial charge in [0.15, 0.2) is 0 Å². The largest absolute Gasteiger partial charge is 0.478 e. The molecule has 8 nitrogen and oxygen atoms in total. The fourth-order valence-electron chi connectivity index (χ4n) is 3.68. The molecule has 0 spiro atoms. The zero-order chi connectivity index (χ0) is 32.1. The van der Waals surface area contributed by atoms with Crippen LogP contribution in [0.25, 0.3) is 0 Å². The van der Waals surface area contributed by atoms with Crippen LogP contribution in [0.4, 0.5) is 58.7 Å². The summed E-state index contributed by atoms with van der Waals surface area (Å²) < 4.78 is 76.3. The molecule has 4 aromatic carbocycles. The number of rotatable bonds is 7. The molecular formula is C29H20F6N4O4S.